The zero-order valence-corrected chi connectivity index (χ0v) is 12.1. The second kappa shape index (κ2) is 5.46. The van der Waals surface area contributed by atoms with Gasteiger partial charge in [0, 0.05) is 24.8 Å². The molecule has 0 aliphatic carbocycles. The van der Waals surface area contributed by atoms with Crippen molar-refractivity contribution < 1.29 is 14.6 Å². The molecule has 6 heteroatoms. The first-order valence-corrected chi connectivity index (χ1v) is 7.46. The van der Waals surface area contributed by atoms with E-state index in [-0.39, 0.29) is 6.10 Å². The van der Waals surface area contributed by atoms with Crippen molar-refractivity contribution in [2.24, 2.45) is 0 Å². The molecule has 2 aliphatic heterocycles. The number of ether oxygens (including phenoxy) is 2. The standard InChI is InChI=1S/C16H17N3O3/c20-12-4-6-19(10-12)15-3-5-17-16(18-15)11-1-2-13-14(9-11)22-8-7-21-13/h1-3,5,9,12,20H,4,6-8,10H2. The number of aliphatic hydroxyl groups is 1. The van der Waals surface area contributed by atoms with Gasteiger partial charge in [-0.2, -0.15) is 0 Å². The zero-order valence-electron chi connectivity index (χ0n) is 12.1. The smallest absolute Gasteiger partial charge is 0.162 e. The monoisotopic (exact) mass is 299 g/mol. The summed E-state index contributed by atoms with van der Waals surface area (Å²) in [5.41, 5.74) is 0.894. The molecule has 114 valence electrons. The Kier molecular flexibility index (Phi) is 3.31. The minimum absolute atomic E-state index is 0.271. The predicted octanol–water partition coefficient (Wildman–Crippen LogP) is 1.49. The van der Waals surface area contributed by atoms with E-state index in [0.29, 0.717) is 25.6 Å². The predicted molar refractivity (Wildman–Crippen MR) is 81.3 cm³/mol. The van der Waals surface area contributed by atoms with Crippen LogP contribution in [-0.2, 0) is 0 Å². The van der Waals surface area contributed by atoms with Crippen LogP contribution in [0.5, 0.6) is 11.5 Å². The third kappa shape index (κ3) is 2.46. The van der Waals surface area contributed by atoms with E-state index < -0.39 is 0 Å². The molecule has 1 unspecified atom stereocenters. The van der Waals surface area contributed by atoms with Gasteiger partial charge in [0.2, 0.25) is 0 Å². The molecule has 2 aliphatic rings. The SMILES string of the molecule is OC1CCN(c2ccnc(-c3ccc4c(c3)OCCO4)n2)C1. The number of fused-ring (bicyclic) bond motifs is 1. The van der Waals surface area contributed by atoms with Gasteiger partial charge in [-0.05, 0) is 30.7 Å². The first-order valence-electron chi connectivity index (χ1n) is 7.46. The number of benzene rings is 1. The number of anilines is 1. The average molecular weight is 299 g/mol. The lowest BCUT2D eigenvalue weighted by Gasteiger charge is -2.19. The second-order valence-corrected chi connectivity index (χ2v) is 5.49. The Balaban J connectivity index is 1.65. The van der Waals surface area contributed by atoms with Crippen LogP contribution in [0, 0.1) is 0 Å². The van der Waals surface area contributed by atoms with Gasteiger partial charge < -0.3 is 19.5 Å². The number of β-amino-alcohol motifs (C(OH)–C–C–N with tert-alkyl or cyclic N) is 1. The van der Waals surface area contributed by atoms with Gasteiger partial charge in [0.25, 0.3) is 0 Å². The molecule has 1 N–H and O–H groups in total. The molecule has 1 aromatic carbocycles. The van der Waals surface area contributed by atoms with Gasteiger partial charge in [-0.1, -0.05) is 0 Å². The maximum atomic E-state index is 9.66. The van der Waals surface area contributed by atoms with Crippen molar-refractivity contribution in [2.45, 2.75) is 12.5 Å². The van der Waals surface area contributed by atoms with E-state index in [9.17, 15) is 5.11 Å². The molecular weight excluding hydrogens is 282 g/mol. The van der Waals surface area contributed by atoms with E-state index in [1.807, 2.05) is 24.3 Å². The summed E-state index contributed by atoms with van der Waals surface area (Å²) < 4.78 is 11.1. The quantitative estimate of drug-likeness (QED) is 0.906. The van der Waals surface area contributed by atoms with E-state index in [0.717, 1.165) is 35.8 Å². The normalized spacial score (nSPS) is 20.2. The van der Waals surface area contributed by atoms with E-state index >= 15 is 0 Å². The minimum Gasteiger partial charge on any atom is -0.486 e. The highest BCUT2D eigenvalue weighted by Crippen LogP contribution is 2.33. The van der Waals surface area contributed by atoms with Gasteiger partial charge in [-0.3, -0.25) is 0 Å². The summed E-state index contributed by atoms with van der Waals surface area (Å²) in [6.45, 7) is 2.58. The van der Waals surface area contributed by atoms with Crippen LogP contribution in [0.15, 0.2) is 30.5 Å². The lowest BCUT2D eigenvalue weighted by molar-refractivity contribution is 0.171. The van der Waals surface area contributed by atoms with Crippen molar-refractivity contribution in [3.05, 3.63) is 30.5 Å². The summed E-state index contributed by atoms with van der Waals surface area (Å²) in [4.78, 5) is 11.0. The maximum Gasteiger partial charge on any atom is 0.162 e. The second-order valence-electron chi connectivity index (χ2n) is 5.49. The Morgan fingerprint density at radius 1 is 1.14 bits per heavy atom. The van der Waals surface area contributed by atoms with Crippen LogP contribution in [0.25, 0.3) is 11.4 Å². The molecule has 1 aromatic heterocycles. The van der Waals surface area contributed by atoms with Crippen molar-refractivity contribution >= 4 is 5.82 Å². The van der Waals surface area contributed by atoms with Crippen LogP contribution in [0.4, 0.5) is 5.82 Å². The molecule has 22 heavy (non-hydrogen) atoms. The fourth-order valence-electron chi connectivity index (χ4n) is 2.80. The molecule has 0 amide bonds. The molecule has 4 rings (SSSR count). The van der Waals surface area contributed by atoms with Crippen molar-refractivity contribution in [3.8, 4) is 22.9 Å². The highest BCUT2D eigenvalue weighted by atomic mass is 16.6. The van der Waals surface area contributed by atoms with Gasteiger partial charge in [0.05, 0.1) is 6.10 Å². The number of aliphatic hydroxyl groups excluding tert-OH is 1. The molecule has 0 saturated carbocycles. The summed E-state index contributed by atoms with van der Waals surface area (Å²) in [6.07, 6.45) is 2.26. The lowest BCUT2D eigenvalue weighted by Crippen LogP contribution is -2.22. The van der Waals surface area contributed by atoms with Crippen LogP contribution in [0.1, 0.15) is 6.42 Å². The first-order chi connectivity index (χ1) is 10.8. The van der Waals surface area contributed by atoms with Crippen molar-refractivity contribution in [3.63, 3.8) is 0 Å². The van der Waals surface area contributed by atoms with E-state index in [4.69, 9.17) is 9.47 Å². The van der Waals surface area contributed by atoms with Gasteiger partial charge in [-0.25, -0.2) is 9.97 Å². The molecule has 0 radical (unpaired) electrons. The Labute approximate surface area is 128 Å². The van der Waals surface area contributed by atoms with Crippen LogP contribution < -0.4 is 14.4 Å². The summed E-state index contributed by atoms with van der Waals surface area (Å²) in [5, 5.41) is 9.66. The third-order valence-corrected chi connectivity index (χ3v) is 3.93. The van der Waals surface area contributed by atoms with Gasteiger partial charge in [0.1, 0.15) is 19.0 Å². The topological polar surface area (TPSA) is 67.7 Å². The fraction of sp³-hybridized carbons (Fsp3) is 0.375. The number of rotatable bonds is 2. The molecule has 0 bridgehead atoms. The third-order valence-electron chi connectivity index (χ3n) is 3.93. The summed E-state index contributed by atoms with van der Waals surface area (Å²) in [7, 11) is 0. The van der Waals surface area contributed by atoms with Crippen molar-refractivity contribution in [1.82, 2.24) is 9.97 Å². The molecule has 2 aromatic rings. The van der Waals surface area contributed by atoms with Crippen molar-refractivity contribution in [1.29, 1.82) is 0 Å². The molecule has 6 nitrogen and oxygen atoms in total. The van der Waals surface area contributed by atoms with Crippen LogP contribution in [0.3, 0.4) is 0 Å². The summed E-state index contributed by atoms with van der Waals surface area (Å²) in [6, 6.07) is 7.61. The van der Waals surface area contributed by atoms with Crippen LogP contribution >= 0.6 is 0 Å². The minimum atomic E-state index is -0.271. The highest BCUT2D eigenvalue weighted by molar-refractivity contribution is 5.62. The Morgan fingerprint density at radius 3 is 2.82 bits per heavy atom. The summed E-state index contributed by atoms with van der Waals surface area (Å²) >= 11 is 0. The Hall–Kier alpha value is -2.34. The van der Waals surface area contributed by atoms with Crippen LogP contribution in [-0.4, -0.2) is 47.5 Å². The molecular formula is C16H17N3O3. The van der Waals surface area contributed by atoms with E-state index in [1.54, 1.807) is 6.20 Å². The number of aromatic nitrogens is 2. The Morgan fingerprint density at radius 2 is 2.00 bits per heavy atom. The number of hydrogen-bond donors (Lipinski definition) is 1. The molecule has 3 heterocycles. The Bertz CT molecular complexity index is 692. The fourth-order valence-corrected chi connectivity index (χ4v) is 2.80. The lowest BCUT2D eigenvalue weighted by atomic mass is 10.2. The van der Waals surface area contributed by atoms with Crippen LogP contribution in [0.2, 0.25) is 0 Å². The van der Waals surface area contributed by atoms with E-state index in [2.05, 4.69) is 14.9 Å². The summed E-state index contributed by atoms with van der Waals surface area (Å²) in [5.74, 6) is 2.98. The molecule has 1 saturated heterocycles. The maximum absolute atomic E-state index is 9.66. The molecule has 0 spiro atoms. The zero-order chi connectivity index (χ0) is 14.9. The average Bonchev–Trinajstić information content (AvgIpc) is 3.01. The first kappa shape index (κ1) is 13.3. The van der Waals surface area contributed by atoms with Gasteiger partial charge in [-0.15, -0.1) is 0 Å². The van der Waals surface area contributed by atoms with Gasteiger partial charge in [0.15, 0.2) is 17.3 Å². The van der Waals surface area contributed by atoms with E-state index in [1.165, 1.54) is 0 Å². The highest BCUT2D eigenvalue weighted by Gasteiger charge is 2.22. The largest absolute Gasteiger partial charge is 0.486 e. The molecule has 1 fully saturated rings. The van der Waals surface area contributed by atoms with Gasteiger partial charge >= 0.3 is 0 Å². The molecule has 1 atom stereocenters. The van der Waals surface area contributed by atoms with Crippen molar-refractivity contribution in [2.75, 3.05) is 31.2 Å². The number of nitrogens with zero attached hydrogens (tertiary/aromatic N) is 3. The number of hydrogen-bond acceptors (Lipinski definition) is 6.